The molecule has 0 amide bonds. The van der Waals surface area contributed by atoms with Crippen LogP contribution >= 0.6 is 22.7 Å². The van der Waals surface area contributed by atoms with Crippen LogP contribution in [0.5, 0.6) is 0 Å². The van der Waals surface area contributed by atoms with Gasteiger partial charge in [0, 0.05) is 145 Å². The molecule has 0 aliphatic heterocycles. The Balaban J connectivity index is 0.000000156. The third-order valence-corrected chi connectivity index (χ3v) is 20.0. The summed E-state index contributed by atoms with van der Waals surface area (Å²) < 4.78 is 13.8. The van der Waals surface area contributed by atoms with Crippen LogP contribution in [0.2, 0.25) is 0 Å². The third kappa shape index (κ3) is 16.8. The summed E-state index contributed by atoms with van der Waals surface area (Å²) in [6.07, 6.45) is 18.6. The van der Waals surface area contributed by atoms with Crippen molar-refractivity contribution in [3.8, 4) is 72.5 Å². The number of aromatic nitrogens is 15. The van der Waals surface area contributed by atoms with Gasteiger partial charge >= 0.3 is 0 Å². The topological polar surface area (TPSA) is 138 Å². The van der Waals surface area contributed by atoms with Crippen molar-refractivity contribution in [2.45, 2.75) is 88.5 Å². The van der Waals surface area contributed by atoms with Crippen LogP contribution in [0.3, 0.4) is 0 Å². The van der Waals surface area contributed by atoms with Gasteiger partial charge in [0.2, 0.25) is 0 Å². The van der Waals surface area contributed by atoms with Crippen molar-refractivity contribution in [1.29, 1.82) is 0 Å². The Bertz CT molecular complexity index is 5990. The molecule has 18 aromatic rings. The van der Waals surface area contributed by atoms with Gasteiger partial charge in [0.15, 0.2) is 0 Å². The fraction of sp³-hybridized carbons (Fsp3) is 0.149. The van der Waals surface area contributed by atoms with E-state index in [1.54, 1.807) is 39.7 Å². The predicted molar refractivity (Wildman–Crippen MR) is 424 cm³/mol. The van der Waals surface area contributed by atoms with Crippen molar-refractivity contribution in [3.05, 3.63) is 317 Å². The number of imidazole rings is 2. The van der Waals surface area contributed by atoms with Gasteiger partial charge in [-0.1, -0.05) is 169 Å². The average Bonchev–Trinajstić information content (AvgIpc) is 1.58. The van der Waals surface area contributed by atoms with Crippen LogP contribution < -0.4 is 0 Å². The SMILES string of the molecule is C.CC(C)c1cccc(C(C)C)c1-n1ccnc1-c1[c-]c(-n2nnc3ccccc32)ccc1.Cc1cc(C)c(-n2ccnc2-n2[c-]c(-n3c4ccccc4c4cc(C)ccc43)cn2)c(C)c1.Cc1ccc(-c2[c-]c(-n3ncc4ncccc43)cs2)s1.Cc1cccc(-c2ccn(-c3[c-]cccc3)n2)c1.[Ir].[Ir].[Ir].[Ir]. The standard InChI is InChI=1S/C28H24N5.C27H26N5.C16H13N2.C15H10N3S2.CH4.4Ir/c1-18-9-10-26-24(15-18)23-7-5-6-8-25(23)33(26)22-16-30-32(17-22)28-29-11-12-31(28)27-20(3)13-19(2)14-21(27)4;1-18(2)22-11-8-12-23(19(3)4)26(22)31-16-15-28-27(31)20-9-7-10-21(17-20)32-25-14-6-5-13-24(25)29-30-32;1-13-6-5-7-14(12-13)16-10-11-18(17-16)15-8-3-2-4-9-15;1-10-4-5-14(20-10)15-7-11(9-19-15)18-13-3-2-6-16-12(13)8-17-18;;;;;/h5-16H,1-4H3;5-16,18-19H,1-4H3;2-8,10-12H,1H3;2-6,8-9H,1H3;1H4;;;;/q4*-1;;;;;. The summed E-state index contributed by atoms with van der Waals surface area (Å²) in [5, 5.41) is 26.8. The first-order chi connectivity index (χ1) is 50.2. The number of benzene rings is 8. The van der Waals surface area contributed by atoms with E-state index in [4.69, 9.17) is 4.98 Å². The molecule has 108 heavy (non-hydrogen) atoms. The van der Waals surface area contributed by atoms with Gasteiger partial charge in [0.25, 0.3) is 0 Å². The monoisotopic (exact) mass is 2170 g/mol. The van der Waals surface area contributed by atoms with E-state index in [1.165, 1.54) is 65.2 Å². The number of para-hydroxylation sites is 4. The maximum atomic E-state index is 4.73. The predicted octanol–water partition coefficient (Wildman–Crippen LogP) is 21.1. The molecular formula is C87H77Ir4N15S2-4. The van der Waals surface area contributed by atoms with E-state index in [1.807, 2.05) is 130 Å². The molecule has 0 unspecified atom stereocenters. The van der Waals surface area contributed by atoms with Crippen molar-refractivity contribution in [1.82, 2.24) is 73.0 Å². The number of rotatable bonds is 12. The molecule has 0 fully saturated rings. The zero-order chi connectivity index (χ0) is 70.8. The van der Waals surface area contributed by atoms with Gasteiger partial charge in [-0.05, 0) is 170 Å². The third-order valence-electron chi connectivity index (χ3n) is 18.0. The maximum absolute atomic E-state index is 4.73. The molecule has 18 rings (SSSR count). The minimum Gasteiger partial charge on any atom is -0.340 e. The Kier molecular flexibility index (Phi) is 26.7. The fourth-order valence-corrected chi connectivity index (χ4v) is 15.1. The molecule has 10 aromatic heterocycles. The summed E-state index contributed by atoms with van der Waals surface area (Å²) in [5.41, 5.74) is 23.8. The van der Waals surface area contributed by atoms with Crippen molar-refractivity contribution >= 4 is 66.5 Å². The van der Waals surface area contributed by atoms with E-state index >= 15 is 0 Å². The first kappa shape index (κ1) is 80.9. The molecule has 0 saturated carbocycles. The minimum atomic E-state index is 0. The van der Waals surface area contributed by atoms with Gasteiger partial charge in [-0.15, -0.1) is 47.1 Å². The number of pyridine rings is 1. The second-order valence-corrected chi connectivity index (χ2v) is 28.3. The molecule has 21 heteroatoms. The summed E-state index contributed by atoms with van der Waals surface area (Å²) in [5.74, 6) is 2.38. The summed E-state index contributed by atoms with van der Waals surface area (Å²) in [6.45, 7) is 21.7. The zero-order valence-electron chi connectivity index (χ0n) is 60.2. The van der Waals surface area contributed by atoms with Crippen LogP contribution in [0, 0.1) is 65.9 Å². The maximum Gasteiger partial charge on any atom is 0.132 e. The van der Waals surface area contributed by atoms with Crippen molar-refractivity contribution < 1.29 is 80.4 Å². The normalized spacial score (nSPS) is 10.9. The Morgan fingerprint density at radius 3 is 1.92 bits per heavy atom. The summed E-state index contributed by atoms with van der Waals surface area (Å²) in [6, 6.07) is 76.6. The van der Waals surface area contributed by atoms with Crippen LogP contribution in [0.4, 0.5) is 0 Å². The molecule has 0 aliphatic rings. The molecule has 0 aliphatic carbocycles. The quantitative estimate of drug-likeness (QED) is 0.110. The number of aryl methyl sites for hydroxylation is 6. The molecule has 0 spiro atoms. The van der Waals surface area contributed by atoms with E-state index in [-0.39, 0.29) is 87.8 Å². The number of hydrogen-bond acceptors (Lipinski definition) is 10. The van der Waals surface area contributed by atoms with E-state index in [0.717, 1.165) is 89.1 Å². The van der Waals surface area contributed by atoms with Gasteiger partial charge in [0.1, 0.15) is 17.0 Å². The van der Waals surface area contributed by atoms with E-state index < -0.39 is 0 Å². The van der Waals surface area contributed by atoms with Crippen molar-refractivity contribution in [2.24, 2.45) is 0 Å². The molecule has 8 aromatic carbocycles. The molecule has 0 saturated heterocycles. The number of hydrogen-bond donors (Lipinski definition) is 0. The number of thiophene rings is 2. The minimum absolute atomic E-state index is 0. The second kappa shape index (κ2) is 35.6. The Morgan fingerprint density at radius 2 is 1.17 bits per heavy atom. The van der Waals surface area contributed by atoms with Crippen LogP contribution in [0.25, 0.3) is 116 Å². The van der Waals surface area contributed by atoms with Gasteiger partial charge in [-0.3, -0.25) is 29.4 Å². The van der Waals surface area contributed by atoms with Crippen LogP contribution in [-0.4, -0.2) is 73.0 Å². The smallest absolute Gasteiger partial charge is 0.132 e. The first-order valence-electron chi connectivity index (χ1n) is 34.3. The number of fused-ring (bicyclic) bond motifs is 5. The second-order valence-electron chi connectivity index (χ2n) is 26.1. The zero-order valence-corrected chi connectivity index (χ0v) is 71.4. The molecule has 0 atom stereocenters. The van der Waals surface area contributed by atoms with Crippen LogP contribution in [-0.2, 0) is 80.4 Å². The van der Waals surface area contributed by atoms with Gasteiger partial charge in [0.05, 0.1) is 39.8 Å². The molecule has 4 radical (unpaired) electrons. The number of nitrogens with zero attached hydrogens (tertiary/aromatic N) is 15. The van der Waals surface area contributed by atoms with Gasteiger partial charge in [-0.2, -0.15) is 34.5 Å². The molecule has 0 bridgehead atoms. The van der Waals surface area contributed by atoms with Gasteiger partial charge < -0.3 is 18.4 Å². The molecule has 552 valence electrons. The van der Waals surface area contributed by atoms with E-state index in [9.17, 15) is 0 Å². The fourth-order valence-electron chi connectivity index (χ4n) is 13.3. The van der Waals surface area contributed by atoms with Crippen molar-refractivity contribution in [3.63, 3.8) is 0 Å². The van der Waals surface area contributed by atoms with Crippen LogP contribution in [0.15, 0.2) is 249 Å². The summed E-state index contributed by atoms with van der Waals surface area (Å²) in [7, 11) is 0. The molecule has 15 nitrogen and oxygen atoms in total. The molecule has 10 heterocycles. The molecular weight excluding hydrogens is 2090 g/mol. The summed E-state index contributed by atoms with van der Waals surface area (Å²) in [4.78, 5) is 17.4. The van der Waals surface area contributed by atoms with Gasteiger partial charge in [-0.25, -0.2) is 27.4 Å². The Morgan fingerprint density at radius 1 is 0.481 bits per heavy atom. The first-order valence-corrected chi connectivity index (χ1v) is 36.0. The summed E-state index contributed by atoms with van der Waals surface area (Å²) >= 11 is 3.49. The van der Waals surface area contributed by atoms with Crippen molar-refractivity contribution in [2.75, 3.05) is 0 Å². The Labute approximate surface area is 691 Å². The van der Waals surface area contributed by atoms with E-state index in [0.29, 0.717) is 17.8 Å². The average molecular weight is 2170 g/mol. The largest absolute Gasteiger partial charge is 0.340 e. The van der Waals surface area contributed by atoms with E-state index in [2.05, 4.69) is 264 Å². The Hall–Kier alpha value is -9.58. The van der Waals surface area contributed by atoms with Crippen LogP contribution in [0.1, 0.15) is 90.8 Å². The molecule has 0 N–H and O–H groups in total.